The summed E-state index contributed by atoms with van der Waals surface area (Å²) < 4.78 is 0. The number of carbonyl (C=O) groups is 1. The Balaban J connectivity index is 2.20. The van der Waals surface area contributed by atoms with Gasteiger partial charge in [0, 0.05) is 24.8 Å². The first-order valence-electron chi connectivity index (χ1n) is 6.01. The lowest BCUT2D eigenvalue weighted by Crippen LogP contribution is -2.41. The second-order valence-electron chi connectivity index (χ2n) is 4.38. The molecule has 1 aromatic carbocycles. The molecular formula is C13H17N3OS. The van der Waals surface area contributed by atoms with Crippen molar-refractivity contribution in [3.8, 4) is 0 Å². The number of nitrogens with one attached hydrogen (secondary N) is 1. The Bertz CT molecular complexity index is 458. The molecule has 1 aromatic rings. The Morgan fingerprint density at radius 1 is 1.44 bits per heavy atom. The highest BCUT2D eigenvalue weighted by Crippen LogP contribution is 2.25. The van der Waals surface area contributed by atoms with Crippen LogP contribution in [0.4, 0.5) is 5.69 Å². The molecule has 5 heteroatoms. The smallest absolute Gasteiger partial charge is 0.242 e. The van der Waals surface area contributed by atoms with Gasteiger partial charge in [-0.2, -0.15) is 0 Å². The molecule has 96 valence electrons. The zero-order valence-corrected chi connectivity index (χ0v) is 11.2. The molecule has 1 atom stereocenters. The molecule has 0 bridgehead atoms. The molecule has 0 radical (unpaired) electrons. The Morgan fingerprint density at radius 2 is 2.11 bits per heavy atom. The molecule has 2 rings (SSSR count). The molecule has 3 N–H and O–H groups in total. The Kier molecular flexibility index (Phi) is 3.81. The lowest BCUT2D eigenvalue weighted by molar-refractivity contribution is -0.121. The summed E-state index contributed by atoms with van der Waals surface area (Å²) in [7, 11) is 1.68. The highest BCUT2D eigenvalue weighted by Gasteiger charge is 2.29. The van der Waals surface area contributed by atoms with Crippen molar-refractivity contribution in [2.24, 2.45) is 5.73 Å². The fourth-order valence-electron chi connectivity index (χ4n) is 2.33. The normalized spacial score (nSPS) is 18.7. The van der Waals surface area contributed by atoms with Crippen LogP contribution < -0.4 is 16.0 Å². The molecule has 0 aromatic heterocycles. The molecule has 1 saturated heterocycles. The largest absolute Gasteiger partial charge is 0.389 e. The van der Waals surface area contributed by atoms with Crippen molar-refractivity contribution in [2.45, 2.75) is 18.9 Å². The number of rotatable bonds is 3. The van der Waals surface area contributed by atoms with Gasteiger partial charge < -0.3 is 16.0 Å². The van der Waals surface area contributed by atoms with Crippen molar-refractivity contribution in [1.29, 1.82) is 0 Å². The van der Waals surface area contributed by atoms with E-state index in [1.807, 2.05) is 24.3 Å². The van der Waals surface area contributed by atoms with E-state index in [4.69, 9.17) is 18.0 Å². The van der Waals surface area contributed by atoms with E-state index in [2.05, 4.69) is 10.2 Å². The summed E-state index contributed by atoms with van der Waals surface area (Å²) >= 11 is 4.92. The van der Waals surface area contributed by atoms with Crippen molar-refractivity contribution in [3.05, 3.63) is 29.8 Å². The summed E-state index contributed by atoms with van der Waals surface area (Å²) in [4.78, 5) is 14.3. The number of benzene rings is 1. The van der Waals surface area contributed by atoms with E-state index in [9.17, 15) is 4.79 Å². The van der Waals surface area contributed by atoms with Crippen LogP contribution in [0.1, 0.15) is 18.4 Å². The Morgan fingerprint density at radius 3 is 2.67 bits per heavy atom. The number of amides is 1. The van der Waals surface area contributed by atoms with Gasteiger partial charge in [-0.15, -0.1) is 0 Å². The molecule has 1 fully saturated rings. The van der Waals surface area contributed by atoms with Crippen LogP contribution in [0.2, 0.25) is 0 Å². The second-order valence-corrected chi connectivity index (χ2v) is 4.82. The molecular weight excluding hydrogens is 246 g/mol. The molecule has 18 heavy (non-hydrogen) atoms. The number of carbonyl (C=O) groups excluding carboxylic acids is 1. The molecule has 0 saturated carbocycles. The van der Waals surface area contributed by atoms with Gasteiger partial charge in [-0.1, -0.05) is 12.2 Å². The summed E-state index contributed by atoms with van der Waals surface area (Å²) in [5.74, 6) is 0.0749. The van der Waals surface area contributed by atoms with Gasteiger partial charge in [0.2, 0.25) is 5.91 Å². The van der Waals surface area contributed by atoms with Gasteiger partial charge in [-0.25, -0.2) is 0 Å². The van der Waals surface area contributed by atoms with Crippen molar-refractivity contribution in [3.63, 3.8) is 0 Å². The Hall–Kier alpha value is -1.62. The third kappa shape index (κ3) is 2.46. The molecule has 0 aliphatic carbocycles. The van der Waals surface area contributed by atoms with E-state index in [1.165, 1.54) is 0 Å². The minimum absolute atomic E-state index is 0.0642. The quantitative estimate of drug-likeness (QED) is 0.800. The molecule has 0 spiro atoms. The van der Waals surface area contributed by atoms with Crippen LogP contribution in [0, 0.1) is 0 Å². The monoisotopic (exact) mass is 263 g/mol. The third-order valence-corrected chi connectivity index (χ3v) is 3.52. The van der Waals surface area contributed by atoms with Gasteiger partial charge in [0.25, 0.3) is 0 Å². The zero-order valence-electron chi connectivity index (χ0n) is 10.3. The number of likely N-dealkylation sites (N-methyl/N-ethyl adjacent to an activating group) is 1. The first-order valence-corrected chi connectivity index (χ1v) is 6.42. The number of hydrogen-bond acceptors (Lipinski definition) is 3. The van der Waals surface area contributed by atoms with Crippen molar-refractivity contribution >= 4 is 28.8 Å². The number of hydrogen-bond donors (Lipinski definition) is 2. The lowest BCUT2D eigenvalue weighted by atomic mass is 10.1. The van der Waals surface area contributed by atoms with Crippen molar-refractivity contribution < 1.29 is 4.79 Å². The minimum atomic E-state index is -0.0642. The Labute approximate surface area is 112 Å². The van der Waals surface area contributed by atoms with Crippen molar-refractivity contribution in [1.82, 2.24) is 5.32 Å². The molecule has 1 heterocycles. The third-order valence-electron chi connectivity index (χ3n) is 3.29. The summed E-state index contributed by atoms with van der Waals surface area (Å²) in [5.41, 5.74) is 7.46. The van der Waals surface area contributed by atoms with Crippen LogP contribution in [0.25, 0.3) is 0 Å². The van der Waals surface area contributed by atoms with Gasteiger partial charge >= 0.3 is 0 Å². The fraction of sp³-hybridized carbons (Fsp3) is 0.385. The van der Waals surface area contributed by atoms with E-state index in [0.29, 0.717) is 4.99 Å². The summed E-state index contributed by atoms with van der Waals surface area (Å²) in [6.07, 6.45) is 1.94. The van der Waals surface area contributed by atoms with Gasteiger partial charge in [0.15, 0.2) is 0 Å². The summed E-state index contributed by atoms with van der Waals surface area (Å²) in [5, 5.41) is 2.71. The molecule has 1 amide bonds. The van der Waals surface area contributed by atoms with Crippen LogP contribution in [0.5, 0.6) is 0 Å². The summed E-state index contributed by atoms with van der Waals surface area (Å²) in [6.45, 7) is 0.907. The molecule has 1 aliphatic heterocycles. The van der Waals surface area contributed by atoms with Crippen LogP contribution in [-0.2, 0) is 4.79 Å². The van der Waals surface area contributed by atoms with Crippen LogP contribution in [0.15, 0.2) is 24.3 Å². The topological polar surface area (TPSA) is 58.4 Å². The average molecular weight is 263 g/mol. The molecule has 1 aliphatic rings. The maximum Gasteiger partial charge on any atom is 0.242 e. The number of anilines is 1. The van der Waals surface area contributed by atoms with Gasteiger partial charge in [0.1, 0.15) is 11.0 Å². The predicted octanol–water partition coefficient (Wildman–Crippen LogP) is 1.04. The number of thiocarbonyl (C=S) groups is 1. The predicted molar refractivity (Wildman–Crippen MR) is 76.8 cm³/mol. The standard InChI is InChI=1S/C13H17N3OS/c1-15-13(17)11-3-2-8-16(11)10-6-4-9(5-7-10)12(14)18/h4-7,11H,2-3,8H2,1H3,(H2,14,18)(H,15,17). The zero-order chi connectivity index (χ0) is 13.1. The maximum absolute atomic E-state index is 11.8. The molecule has 4 nitrogen and oxygen atoms in total. The minimum Gasteiger partial charge on any atom is -0.389 e. The van der Waals surface area contributed by atoms with E-state index in [-0.39, 0.29) is 11.9 Å². The number of nitrogens with two attached hydrogens (primary N) is 1. The van der Waals surface area contributed by atoms with E-state index < -0.39 is 0 Å². The van der Waals surface area contributed by atoms with Crippen LogP contribution in [-0.4, -0.2) is 30.5 Å². The van der Waals surface area contributed by atoms with E-state index in [0.717, 1.165) is 30.6 Å². The van der Waals surface area contributed by atoms with Crippen LogP contribution in [0.3, 0.4) is 0 Å². The van der Waals surface area contributed by atoms with Gasteiger partial charge in [0.05, 0.1) is 0 Å². The highest BCUT2D eigenvalue weighted by molar-refractivity contribution is 7.80. The highest BCUT2D eigenvalue weighted by atomic mass is 32.1. The van der Waals surface area contributed by atoms with E-state index in [1.54, 1.807) is 7.05 Å². The number of nitrogens with zero attached hydrogens (tertiary/aromatic N) is 1. The van der Waals surface area contributed by atoms with Gasteiger partial charge in [-0.05, 0) is 37.1 Å². The average Bonchev–Trinajstić information content (AvgIpc) is 2.87. The summed E-state index contributed by atoms with van der Waals surface area (Å²) in [6, 6.07) is 7.67. The first-order chi connectivity index (χ1) is 8.63. The van der Waals surface area contributed by atoms with Gasteiger partial charge in [-0.3, -0.25) is 4.79 Å². The SMILES string of the molecule is CNC(=O)C1CCCN1c1ccc(C(N)=S)cc1. The maximum atomic E-state index is 11.8. The lowest BCUT2D eigenvalue weighted by Gasteiger charge is -2.25. The fourth-order valence-corrected chi connectivity index (χ4v) is 2.47. The van der Waals surface area contributed by atoms with Crippen LogP contribution >= 0.6 is 12.2 Å². The first kappa shape index (κ1) is 12.8. The second kappa shape index (κ2) is 5.35. The molecule has 1 unspecified atom stereocenters. The van der Waals surface area contributed by atoms with E-state index >= 15 is 0 Å². The van der Waals surface area contributed by atoms with Crippen molar-refractivity contribution in [2.75, 3.05) is 18.5 Å².